The molecule has 0 saturated carbocycles. The van der Waals surface area contributed by atoms with Gasteiger partial charge in [-0.1, -0.05) is 5.92 Å². The lowest BCUT2D eigenvalue weighted by molar-refractivity contribution is -0.125. The van der Waals surface area contributed by atoms with E-state index in [-0.39, 0.29) is 5.91 Å². The summed E-state index contributed by atoms with van der Waals surface area (Å²) in [4.78, 5) is 11.2. The van der Waals surface area contributed by atoms with E-state index < -0.39 is 5.54 Å². The van der Waals surface area contributed by atoms with Crippen LogP contribution in [0.3, 0.4) is 0 Å². The molecule has 0 aromatic carbocycles. The summed E-state index contributed by atoms with van der Waals surface area (Å²) >= 11 is 1.61. The fraction of sp³-hybridized carbons (Fsp3) is 0.667. The summed E-state index contributed by atoms with van der Waals surface area (Å²) < 4.78 is 0. The van der Waals surface area contributed by atoms with Crippen LogP contribution in [0.25, 0.3) is 0 Å². The van der Waals surface area contributed by atoms with Gasteiger partial charge in [-0.25, -0.2) is 0 Å². The highest BCUT2D eigenvalue weighted by atomic mass is 32.2. The highest BCUT2D eigenvalue weighted by Crippen LogP contribution is 1.98. The normalized spacial score (nSPS) is 10.6. The molecule has 0 aromatic rings. The first-order valence-electron chi connectivity index (χ1n) is 4.07. The van der Waals surface area contributed by atoms with Gasteiger partial charge in [-0.3, -0.25) is 4.79 Å². The van der Waals surface area contributed by atoms with E-state index in [1.54, 1.807) is 25.6 Å². The van der Waals surface area contributed by atoms with Crippen molar-refractivity contribution in [2.45, 2.75) is 19.4 Å². The van der Waals surface area contributed by atoms with Crippen molar-refractivity contribution in [1.29, 1.82) is 0 Å². The number of thioether (sulfide) groups is 1. The summed E-state index contributed by atoms with van der Waals surface area (Å²) in [5, 5.41) is 2.73. The van der Waals surface area contributed by atoms with Crippen molar-refractivity contribution in [2.75, 3.05) is 18.1 Å². The van der Waals surface area contributed by atoms with Gasteiger partial charge in [0.25, 0.3) is 0 Å². The van der Waals surface area contributed by atoms with Crippen LogP contribution in [0.1, 0.15) is 13.8 Å². The van der Waals surface area contributed by atoms with Crippen LogP contribution in [0.4, 0.5) is 0 Å². The molecule has 13 heavy (non-hydrogen) atoms. The summed E-state index contributed by atoms with van der Waals surface area (Å²) in [6.07, 6.45) is 5.06. The molecule has 0 radical (unpaired) electrons. The summed E-state index contributed by atoms with van der Waals surface area (Å²) in [5.74, 6) is 3.89. The molecular formula is C9H16N2OS. The average molecular weight is 200 g/mol. The number of rotatable bonds is 5. The van der Waals surface area contributed by atoms with Gasteiger partial charge in [0.2, 0.25) is 5.91 Å². The second kappa shape index (κ2) is 5.90. The van der Waals surface area contributed by atoms with Gasteiger partial charge in [0.05, 0.1) is 11.3 Å². The van der Waals surface area contributed by atoms with Gasteiger partial charge in [-0.2, -0.15) is 0 Å². The summed E-state index contributed by atoms with van der Waals surface area (Å²) in [6, 6.07) is 0. The lowest BCUT2D eigenvalue weighted by atomic mass is 10.1. The molecule has 0 aliphatic heterocycles. The molecule has 4 heteroatoms. The number of carbonyl (C=O) groups is 1. The number of hydrogen-bond acceptors (Lipinski definition) is 3. The molecule has 0 bridgehead atoms. The third kappa shape index (κ3) is 6.50. The maximum absolute atomic E-state index is 11.2. The molecule has 0 rings (SSSR count). The second-order valence-electron chi connectivity index (χ2n) is 3.23. The maximum atomic E-state index is 11.2. The molecule has 0 unspecified atom stereocenters. The van der Waals surface area contributed by atoms with Crippen LogP contribution in [-0.4, -0.2) is 29.5 Å². The molecule has 3 N–H and O–H groups in total. The SMILES string of the molecule is C#CCSCCNC(=O)C(C)(C)N. The zero-order chi connectivity index (χ0) is 10.3. The Morgan fingerprint density at radius 3 is 2.77 bits per heavy atom. The van der Waals surface area contributed by atoms with Crippen molar-refractivity contribution in [3.8, 4) is 12.3 Å². The van der Waals surface area contributed by atoms with Gasteiger partial charge < -0.3 is 11.1 Å². The van der Waals surface area contributed by atoms with E-state index in [9.17, 15) is 4.79 Å². The zero-order valence-corrected chi connectivity index (χ0v) is 8.91. The summed E-state index contributed by atoms with van der Waals surface area (Å²) in [5.41, 5.74) is 4.77. The molecule has 1 amide bonds. The van der Waals surface area contributed by atoms with Gasteiger partial charge in [0.15, 0.2) is 0 Å². The molecule has 0 heterocycles. The van der Waals surface area contributed by atoms with Gasteiger partial charge in [-0.15, -0.1) is 18.2 Å². The average Bonchev–Trinajstić information content (AvgIpc) is 2.02. The van der Waals surface area contributed by atoms with E-state index in [2.05, 4.69) is 11.2 Å². The Morgan fingerprint density at radius 1 is 1.69 bits per heavy atom. The third-order valence-electron chi connectivity index (χ3n) is 1.30. The number of nitrogens with one attached hydrogen (secondary N) is 1. The molecule has 3 nitrogen and oxygen atoms in total. The molecule has 0 aromatic heterocycles. The van der Waals surface area contributed by atoms with Crippen molar-refractivity contribution in [3.05, 3.63) is 0 Å². The predicted molar refractivity (Wildman–Crippen MR) is 57.4 cm³/mol. The van der Waals surface area contributed by atoms with E-state index in [4.69, 9.17) is 12.2 Å². The molecular weight excluding hydrogens is 184 g/mol. The number of terminal acetylenes is 1. The van der Waals surface area contributed by atoms with Crippen molar-refractivity contribution in [1.82, 2.24) is 5.32 Å². The van der Waals surface area contributed by atoms with Crippen molar-refractivity contribution in [3.63, 3.8) is 0 Å². The molecule has 0 aliphatic rings. The Bertz CT molecular complexity index is 203. The van der Waals surface area contributed by atoms with E-state index in [0.29, 0.717) is 12.3 Å². The van der Waals surface area contributed by atoms with Crippen LogP contribution in [-0.2, 0) is 4.79 Å². The Hall–Kier alpha value is -0.660. The largest absolute Gasteiger partial charge is 0.354 e. The first-order chi connectivity index (χ1) is 5.98. The fourth-order valence-electron chi connectivity index (χ4n) is 0.596. The summed E-state index contributed by atoms with van der Waals surface area (Å²) in [6.45, 7) is 3.97. The standard InChI is InChI=1S/C9H16N2OS/c1-4-6-13-7-5-11-8(12)9(2,3)10/h1H,5-7,10H2,2-3H3,(H,11,12). The van der Waals surface area contributed by atoms with Gasteiger partial charge in [0.1, 0.15) is 0 Å². The molecule has 0 spiro atoms. The third-order valence-corrected chi connectivity index (χ3v) is 2.17. The first-order valence-corrected chi connectivity index (χ1v) is 5.22. The van der Waals surface area contributed by atoms with Crippen LogP contribution in [0.15, 0.2) is 0 Å². The lowest BCUT2D eigenvalue weighted by Gasteiger charge is -2.17. The smallest absolute Gasteiger partial charge is 0.239 e. The van der Waals surface area contributed by atoms with Crippen molar-refractivity contribution in [2.24, 2.45) is 5.73 Å². The van der Waals surface area contributed by atoms with Crippen LogP contribution < -0.4 is 11.1 Å². The Labute approximate surface area is 83.8 Å². The first kappa shape index (κ1) is 12.3. The van der Waals surface area contributed by atoms with Gasteiger partial charge >= 0.3 is 0 Å². The molecule has 0 saturated heterocycles. The molecule has 0 aliphatic carbocycles. The minimum Gasteiger partial charge on any atom is -0.354 e. The lowest BCUT2D eigenvalue weighted by Crippen LogP contribution is -2.49. The number of nitrogens with two attached hydrogens (primary N) is 1. The molecule has 74 valence electrons. The topological polar surface area (TPSA) is 55.1 Å². The Kier molecular flexibility index (Phi) is 5.60. The molecule has 0 atom stereocenters. The zero-order valence-electron chi connectivity index (χ0n) is 8.09. The Morgan fingerprint density at radius 2 is 2.31 bits per heavy atom. The van der Waals surface area contributed by atoms with E-state index >= 15 is 0 Å². The molecule has 0 fully saturated rings. The van der Waals surface area contributed by atoms with Crippen molar-refractivity contribution >= 4 is 17.7 Å². The monoisotopic (exact) mass is 200 g/mol. The number of amides is 1. The van der Waals surface area contributed by atoms with E-state index in [0.717, 1.165) is 5.75 Å². The number of hydrogen-bond donors (Lipinski definition) is 2. The van der Waals surface area contributed by atoms with Crippen molar-refractivity contribution < 1.29 is 4.79 Å². The minimum absolute atomic E-state index is 0.131. The van der Waals surface area contributed by atoms with E-state index in [1.165, 1.54) is 0 Å². The van der Waals surface area contributed by atoms with E-state index in [1.807, 2.05) is 0 Å². The predicted octanol–water partition coefficient (Wildman–Crippen LogP) is 0.206. The number of carbonyl (C=O) groups excluding carboxylic acids is 1. The quantitative estimate of drug-likeness (QED) is 0.492. The highest BCUT2D eigenvalue weighted by molar-refractivity contribution is 7.99. The highest BCUT2D eigenvalue weighted by Gasteiger charge is 2.20. The van der Waals surface area contributed by atoms with Gasteiger partial charge in [0, 0.05) is 12.3 Å². The summed E-state index contributed by atoms with van der Waals surface area (Å²) in [7, 11) is 0. The maximum Gasteiger partial charge on any atom is 0.239 e. The van der Waals surface area contributed by atoms with Gasteiger partial charge in [-0.05, 0) is 13.8 Å². The minimum atomic E-state index is -0.795. The van der Waals surface area contributed by atoms with Crippen LogP contribution in [0.5, 0.6) is 0 Å². The second-order valence-corrected chi connectivity index (χ2v) is 4.34. The van der Waals surface area contributed by atoms with Crippen LogP contribution >= 0.6 is 11.8 Å². The fourth-order valence-corrected chi connectivity index (χ4v) is 1.10. The van der Waals surface area contributed by atoms with Crippen LogP contribution in [0.2, 0.25) is 0 Å². The Balaban J connectivity index is 3.45. The van der Waals surface area contributed by atoms with Crippen LogP contribution in [0, 0.1) is 12.3 Å².